The molecule has 0 saturated heterocycles. The van der Waals surface area contributed by atoms with Gasteiger partial charge in [0.15, 0.2) is 0 Å². The lowest BCUT2D eigenvalue weighted by Gasteiger charge is -1.99. The lowest BCUT2D eigenvalue weighted by atomic mass is 10.2. The van der Waals surface area contributed by atoms with Gasteiger partial charge in [0.25, 0.3) is 5.56 Å². The number of carbonyl (C=O) groups is 1. The van der Waals surface area contributed by atoms with Crippen LogP contribution in [0, 0.1) is 0 Å². The maximum atomic E-state index is 11.1. The Bertz CT molecular complexity index is 429. The van der Waals surface area contributed by atoms with E-state index in [1.807, 2.05) is 6.92 Å². The van der Waals surface area contributed by atoms with Crippen LogP contribution in [0.1, 0.15) is 19.0 Å². The van der Waals surface area contributed by atoms with Crippen LogP contribution >= 0.6 is 0 Å². The Balaban J connectivity index is 0.000000437. The summed E-state index contributed by atoms with van der Waals surface area (Å²) in [5.41, 5.74) is 0.124. The standard InChI is InChI=1S/C8H12N2O2.C3H7NO/c1-3-4-6-5-7(11)10(2)8(12)9-6;1-4(2)3-5/h5H,3-4H2,1-2H3,(H,9,12);3H,1-2H3. The predicted octanol–water partition coefficient (Wildman–Crippen LogP) is -0.269. The Morgan fingerprint density at radius 3 is 2.29 bits per heavy atom. The molecule has 6 heteroatoms. The predicted molar refractivity (Wildman–Crippen MR) is 66.0 cm³/mol. The van der Waals surface area contributed by atoms with E-state index in [4.69, 9.17) is 0 Å². The van der Waals surface area contributed by atoms with Crippen LogP contribution in [0.3, 0.4) is 0 Å². The molecule has 0 saturated carbocycles. The van der Waals surface area contributed by atoms with Gasteiger partial charge in [0.2, 0.25) is 6.41 Å². The highest BCUT2D eigenvalue weighted by atomic mass is 16.2. The van der Waals surface area contributed by atoms with E-state index in [2.05, 4.69) is 4.98 Å². The van der Waals surface area contributed by atoms with E-state index in [1.54, 1.807) is 14.1 Å². The van der Waals surface area contributed by atoms with Crippen molar-refractivity contribution in [2.45, 2.75) is 19.8 Å². The Morgan fingerprint density at radius 2 is 1.94 bits per heavy atom. The third-order valence-corrected chi connectivity index (χ3v) is 1.93. The molecule has 1 N–H and O–H groups in total. The average molecular weight is 241 g/mol. The van der Waals surface area contributed by atoms with Gasteiger partial charge in [0, 0.05) is 32.9 Å². The van der Waals surface area contributed by atoms with Gasteiger partial charge in [-0.1, -0.05) is 13.3 Å². The number of H-pyrrole nitrogens is 1. The summed E-state index contributed by atoms with van der Waals surface area (Å²) in [7, 11) is 4.83. The molecule has 1 aromatic heterocycles. The molecule has 1 rings (SSSR count). The summed E-state index contributed by atoms with van der Waals surface area (Å²) in [6.45, 7) is 2.00. The first kappa shape index (κ1) is 15.2. The van der Waals surface area contributed by atoms with E-state index < -0.39 is 0 Å². The van der Waals surface area contributed by atoms with E-state index >= 15 is 0 Å². The molecule has 6 nitrogen and oxygen atoms in total. The molecule has 1 aromatic rings. The van der Waals surface area contributed by atoms with Crippen LogP contribution in [0.15, 0.2) is 15.7 Å². The highest BCUT2D eigenvalue weighted by molar-refractivity contribution is 5.45. The van der Waals surface area contributed by atoms with Crippen molar-refractivity contribution in [2.24, 2.45) is 7.05 Å². The van der Waals surface area contributed by atoms with E-state index in [1.165, 1.54) is 18.0 Å². The van der Waals surface area contributed by atoms with Crippen molar-refractivity contribution in [2.75, 3.05) is 14.1 Å². The second-order valence-electron chi connectivity index (χ2n) is 3.82. The molecule has 0 aliphatic carbocycles. The zero-order chi connectivity index (χ0) is 13.4. The smallest absolute Gasteiger partial charge is 0.328 e. The largest absolute Gasteiger partial charge is 0.351 e. The quantitative estimate of drug-likeness (QED) is 0.740. The van der Waals surface area contributed by atoms with Crippen LogP contribution in [0.2, 0.25) is 0 Å². The van der Waals surface area contributed by atoms with Gasteiger partial charge in [-0.15, -0.1) is 0 Å². The number of aromatic nitrogens is 2. The second-order valence-corrected chi connectivity index (χ2v) is 3.82. The molecule has 0 atom stereocenters. The van der Waals surface area contributed by atoms with Crippen molar-refractivity contribution in [1.29, 1.82) is 0 Å². The lowest BCUT2D eigenvalue weighted by molar-refractivity contribution is -0.115. The summed E-state index contributed by atoms with van der Waals surface area (Å²) in [6, 6.07) is 1.46. The minimum atomic E-state index is -0.342. The van der Waals surface area contributed by atoms with Crippen molar-refractivity contribution in [3.8, 4) is 0 Å². The zero-order valence-corrected chi connectivity index (χ0v) is 10.7. The summed E-state index contributed by atoms with van der Waals surface area (Å²) in [5, 5.41) is 0. The molecule has 0 aromatic carbocycles. The van der Waals surface area contributed by atoms with Gasteiger partial charge in [0.1, 0.15) is 0 Å². The zero-order valence-electron chi connectivity index (χ0n) is 10.7. The van der Waals surface area contributed by atoms with Crippen LogP contribution in [-0.4, -0.2) is 35.0 Å². The number of hydrogen-bond donors (Lipinski definition) is 1. The van der Waals surface area contributed by atoms with E-state index in [-0.39, 0.29) is 11.2 Å². The molecular formula is C11H19N3O3. The average Bonchev–Trinajstić information content (AvgIpc) is 2.27. The highest BCUT2D eigenvalue weighted by Gasteiger charge is 1.98. The first-order chi connectivity index (χ1) is 7.92. The summed E-state index contributed by atoms with van der Waals surface area (Å²) in [4.78, 5) is 35.6. The summed E-state index contributed by atoms with van der Waals surface area (Å²) in [5.74, 6) is 0. The van der Waals surface area contributed by atoms with Crippen LogP contribution in [0.5, 0.6) is 0 Å². The highest BCUT2D eigenvalue weighted by Crippen LogP contribution is 1.91. The minimum Gasteiger partial charge on any atom is -0.351 e. The Kier molecular flexibility index (Phi) is 6.62. The first-order valence-corrected chi connectivity index (χ1v) is 5.33. The molecule has 0 unspecified atom stereocenters. The maximum absolute atomic E-state index is 11.1. The summed E-state index contributed by atoms with van der Waals surface area (Å²) in [6.07, 6.45) is 2.41. The van der Waals surface area contributed by atoms with Crippen LogP contribution in [-0.2, 0) is 18.3 Å². The van der Waals surface area contributed by atoms with Crippen LogP contribution < -0.4 is 11.2 Å². The summed E-state index contributed by atoms with van der Waals surface area (Å²) < 4.78 is 1.05. The molecule has 0 radical (unpaired) electrons. The van der Waals surface area contributed by atoms with Crippen molar-refractivity contribution in [3.63, 3.8) is 0 Å². The Morgan fingerprint density at radius 1 is 1.41 bits per heavy atom. The lowest BCUT2D eigenvalue weighted by Crippen LogP contribution is -2.32. The molecule has 17 heavy (non-hydrogen) atoms. The minimum absolute atomic E-state index is 0.248. The molecule has 0 spiro atoms. The van der Waals surface area contributed by atoms with E-state index in [0.29, 0.717) is 5.69 Å². The van der Waals surface area contributed by atoms with Gasteiger partial charge in [-0.3, -0.25) is 14.2 Å². The van der Waals surface area contributed by atoms with Crippen LogP contribution in [0.4, 0.5) is 0 Å². The number of hydrogen-bond acceptors (Lipinski definition) is 3. The molecule has 1 amide bonds. The molecule has 0 aliphatic heterocycles. The fraction of sp³-hybridized carbons (Fsp3) is 0.545. The van der Waals surface area contributed by atoms with Crippen molar-refractivity contribution >= 4 is 6.41 Å². The molecule has 0 bridgehead atoms. The number of aromatic amines is 1. The Labute approximate surface area is 99.9 Å². The SMILES string of the molecule is CCCc1cc(=O)n(C)c(=O)[nH]1.CN(C)C=O. The number of rotatable bonds is 3. The van der Waals surface area contributed by atoms with Gasteiger partial charge < -0.3 is 9.88 Å². The number of nitrogens with one attached hydrogen (secondary N) is 1. The number of aryl methyl sites for hydroxylation is 1. The monoisotopic (exact) mass is 241 g/mol. The third-order valence-electron chi connectivity index (χ3n) is 1.93. The molecule has 0 fully saturated rings. The number of amides is 1. The molecule has 0 aliphatic rings. The normalized spacial score (nSPS) is 9.18. The van der Waals surface area contributed by atoms with Gasteiger partial charge >= 0.3 is 5.69 Å². The van der Waals surface area contributed by atoms with Gasteiger partial charge in [0.05, 0.1) is 0 Å². The van der Waals surface area contributed by atoms with Crippen molar-refractivity contribution in [1.82, 2.24) is 14.5 Å². The maximum Gasteiger partial charge on any atom is 0.328 e. The fourth-order valence-electron chi connectivity index (χ4n) is 1.01. The number of nitrogens with zero attached hydrogens (tertiary/aromatic N) is 2. The summed E-state index contributed by atoms with van der Waals surface area (Å²) >= 11 is 0. The van der Waals surface area contributed by atoms with Gasteiger partial charge in [-0.2, -0.15) is 0 Å². The van der Waals surface area contributed by atoms with Gasteiger partial charge in [-0.05, 0) is 6.42 Å². The van der Waals surface area contributed by atoms with Crippen molar-refractivity contribution in [3.05, 3.63) is 32.6 Å². The van der Waals surface area contributed by atoms with E-state index in [0.717, 1.165) is 23.8 Å². The van der Waals surface area contributed by atoms with Gasteiger partial charge in [-0.25, -0.2) is 4.79 Å². The second kappa shape index (κ2) is 7.43. The first-order valence-electron chi connectivity index (χ1n) is 5.33. The Hall–Kier alpha value is -1.85. The van der Waals surface area contributed by atoms with E-state index in [9.17, 15) is 14.4 Å². The molecule has 1 heterocycles. The third kappa shape index (κ3) is 5.70. The van der Waals surface area contributed by atoms with Crippen molar-refractivity contribution < 1.29 is 4.79 Å². The topological polar surface area (TPSA) is 75.2 Å². The molecule has 96 valence electrons. The fourth-order valence-corrected chi connectivity index (χ4v) is 1.01. The number of carbonyl (C=O) groups excluding carboxylic acids is 1. The van der Waals surface area contributed by atoms with Crippen LogP contribution in [0.25, 0.3) is 0 Å². The molecular weight excluding hydrogens is 222 g/mol.